The Kier molecular flexibility index (Phi) is 5.86. The van der Waals surface area contributed by atoms with Crippen LogP contribution < -0.4 is 10.6 Å². The third-order valence-electron chi connectivity index (χ3n) is 4.53. The summed E-state index contributed by atoms with van der Waals surface area (Å²) < 4.78 is 5.06. The maximum Gasteiger partial charge on any atom is 0.310 e. The summed E-state index contributed by atoms with van der Waals surface area (Å²) in [5.74, 6) is -1.06. The smallest absolute Gasteiger partial charge is 0.310 e. The summed E-state index contributed by atoms with van der Waals surface area (Å²) in [6.45, 7) is -0.346. The second-order valence-corrected chi connectivity index (χ2v) is 6.50. The van der Waals surface area contributed by atoms with Gasteiger partial charge < -0.3 is 15.4 Å². The molecular formula is C21H22N2O4. The number of benzene rings is 2. The average Bonchev–Trinajstić information content (AvgIpc) is 3.14. The number of ether oxygens (including phenoxy) is 1. The van der Waals surface area contributed by atoms with Crippen molar-refractivity contribution in [1.29, 1.82) is 0 Å². The number of rotatable bonds is 6. The third-order valence-corrected chi connectivity index (χ3v) is 4.53. The minimum Gasteiger partial charge on any atom is -0.455 e. The Morgan fingerprint density at radius 1 is 1.00 bits per heavy atom. The molecule has 6 heteroatoms. The lowest BCUT2D eigenvalue weighted by atomic mass is 10.0. The first-order valence-electron chi connectivity index (χ1n) is 8.93. The molecule has 3 rings (SSSR count). The molecule has 0 spiro atoms. The van der Waals surface area contributed by atoms with E-state index in [-0.39, 0.29) is 18.9 Å². The van der Waals surface area contributed by atoms with Crippen molar-refractivity contribution in [1.82, 2.24) is 5.32 Å². The topological polar surface area (TPSA) is 84.5 Å². The van der Waals surface area contributed by atoms with E-state index in [2.05, 4.69) is 22.8 Å². The molecule has 0 saturated carbocycles. The van der Waals surface area contributed by atoms with E-state index in [9.17, 15) is 14.4 Å². The van der Waals surface area contributed by atoms with E-state index < -0.39 is 11.9 Å². The van der Waals surface area contributed by atoms with E-state index in [1.807, 2.05) is 6.07 Å². The Bertz CT molecular complexity index is 859. The van der Waals surface area contributed by atoms with Gasteiger partial charge in [0.2, 0.25) is 0 Å². The first-order chi connectivity index (χ1) is 13.0. The van der Waals surface area contributed by atoms with Crippen molar-refractivity contribution in [3.05, 3.63) is 64.7 Å². The highest BCUT2D eigenvalue weighted by Gasteiger charge is 2.14. The van der Waals surface area contributed by atoms with Gasteiger partial charge in [-0.05, 0) is 60.2 Å². The summed E-state index contributed by atoms with van der Waals surface area (Å²) in [4.78, 5) is 35.4. The van der Waals surface area contributed by atoms with Gasteiger partial charge in [0.25, 0.3) is 11.8 Å². The molecule has 0 bridgehead atoms. The number of amides is 2. The van der Waals surface area contributed by atoms with Crippen LogP contribution in [0.25, 0.3) is 0 Å². The quantitative estimate of drug-likeness (QED) is 0.768. The van der Waals surface area contributed by atoms with Crippen LogP contribution in [0.3, 0.4) is 0 Å². The molecule has 140 valence electrons. The zero-order valence-corrected chi connectivity index (χ0v) is 15.2. The molecule has 2 aromatic rings. The van der Waals surface area contributed by atoms with Gasteiger partial charge in [0, 0.05) is 18.3 Å². The molecule has 0 atom stereocenters. The van der Waals surface area contributed by atoms with E-state index in [1.54, 1.807) is 31.3 Å². The van der Waals surface area contributed by atoms with Crippen LogP contribution in [0.1, 0.15) is 33.5 Å². The highest BCUT2D eigenvalue weighted by molar-refractivity contribution is 5.96. The van der Waals surface area contributed by atoms with E-state index in [1.165, 1.54) is 11.1 Å². The van der Waals surface area contributed by atoms with Crippen molar-refractivity contribution in [2.75, 3.05) is 19.0 Å². The van der Waals surface area contributed by atoms with Crippen LogP contribution in [0.15, 0.2) is 42.5 Å². The number of aryl methyl sites for hydroxylation is 2. The molecule has 0 saturated heterocycles. The van der Waals surface area contributed by atoms with Gasteiger partial charge in [-0.3, -0.25) is 14.4 Å². The molecule has 0 fully saturated rings. The highest BCUT2D eigenvalue weighted by Crippen LogP contribution is 2.23. The first kappa shape index (κ1) is 18.6. The first-order valence-corrected chi connectivity index (χ1v) is 8.93. The summed E-state index contributed by atoms with van der Waals surface area (Å²) in [5, 5.41) is 5.16. The van der Waals surface area contributed by atoms with Crippen molar-refractivity contribution in [2.45, 2.75) is 25.7 Å². The largest absolute Gasteiger partial charge is 0.455 e. The fourth-order valence-electron chi connectivity index (χ4n) is 3.15. The minimum absolute atomic E-state index is 0.154. The molecule has 27 heavy (non-hydrogen) atoms. The van der Waals surface area contributed by atoms with E-state index >= 15 is 0 Å². The van der Waals surface area contributed by atoms with E-state index in [0.717, 1.165) is 24.8 Å². The van der Waals surface area contributed by atoms with Gasteiger partial charge in [0.1, 0.15) is 0 Å². The molecule has 2 amide bonds. The molecule has 1 aliphatic carbocycles. The summed E-state index contributed by atoms with van der Waals surface area (Å²) in [6, 6.07) is 12.5. The lowest BCUT2D eigenvalue weighted by molar-refractivity contribution is -0.146. The second-order valence-electron chi connectivity index (χ2n) is 6.50. The van der Waals surface area contributed by atoms with Gasteiger partial charge in [-0.25, -0.2) is 0 Å². The normalized spacial score (nSPS) is 12.2. The van der Waals surface area contributed by atoms with Gasteiger partial charge in [-0.15, -0.1) is 0 Å². The van der Waals surface area contributed by atoms with Gasteiger partial charge in [-0.1, -0.05) is 18.2 Å². The van der Waals surface area contributed by atoms with E-state index in [4.69, 9.17) is 4.74 Å². The number of carbonyl (C=O) groups is 3. The number of nitrogens with one attached hydrogen (secondary N) is 2. The van der Waals surface area contributed by atoms with Crippen molar-refractivity contribution >= 4 is 23.5 Å². The summed E-state index contributed by atoms with van der Waals surface area (Å²) >= 11 is 0. The van der Waals surface area contributed by atoms with Gasteiger partial charge in [-0.2, -0.15) is 0 Å². The van der Waals surface area contributed by atoms with Crippen molar-refractivity contribution in [3.8, 4) is 0 Å². The number of carbonyl (C=O) groups excluding carboxylic acids is 3. The third kappa shape index (κ3) is 4.94. The lowest BCUT2D eigenvalue weighted by Gasteiger charge is -2.08. The molecule has 6 nitrogen and oxygen atoms in total. The number of hydrogen-bond acceptors (Lipinski definition) is 4. The summed E-state index contributed by atoms with van der Waals surface area (Å²) in [7, 11) is 1.55. The second kappa shape index (κ2) is 8.49. The van der Waals surface area contributed by atoms with Gasteiger partial charge in [0.05, 0.1) is 6.42 Å². The van der Waals surface area contributed by atoms with Crippen molar-refractivity contribution in [3.63, 3.8) is 0 Å². The Labute approximate surface area is 157 Å². The van der Waals surface area contributed by atoms with E-state index in [0.29, 0.717) is 11.3 Å². The standard InChI is InChI=1S/C21H22N2O4/c1-22-21(26)16-7-9-18(10-8-16)23-19(24)13-27-20(25)12-14-5-6-15-3-2-4-17(15)11-14/h5-11H,2-4,12-13H2,1H3,(H,22,26)(H,23,24). The predicted octanol–water partition coefficient (Wildman–Crippen LogP) is 2.26. The monoisotopic (exact) mass is 366 g/mol. The van der Waals surface area contributed by atoms with Crippen LogP contribution in [0.4, 0.5) is 5.69 Å². The van der Waals surface area contributed by atoms with Crippen LogP contribution in [0.5, 0.6) is 0 Å². The van der Waals surface area contributed by atoms with Gasteiger partial charge in [0.15, 0.2) is 6.61 Å². The van der Waals surface area contributed by atoms with Crippen LogP contribution in [-0.2, 0) is 33.6 Å². The summed E-state index contributed by atoms with van der Waals surface area (Å²) in [6.07, 6.45) is 3.47. The molecule has 0 heterocycles. The van der Waals surface area contributed by atoms with Crippen LogP contribution in [-0.4, -0.2) is 31.4 Å². The average molecular weight is 366 g/mol. The van der Waals surface area contributed by atoms with Crippen molar-refractivity contribution < 1.29 is 19.1 Å². The number of esters is 1. The number of anilines is 1. The van der Waals surface area contributed by atoms with Gasteiger partial charge >= 0.3 is 5.97 Å². The SMILES string of the molecule is CNC(=O)c1ccc(NC(=O)COC(=O)Cc2ccc3c(c2)CCC3)cc1. The molecular weight excluding hydrogens is 344 g/mol. The van der Waals surface area contributed by atoms with Crippen LogP contribution in [0, 0.1) is 0 Å². The number of hydrogen-bond donors (Lipinski definition) is 2. The zero-order valence-electron chi connectivity index (χ0n) is 15.2. The van der Waals surface area contributed by atoms with Crippen LogP contribution >= 0.6 is 0 Å². The Balaban J connectivity index is 1.46. The Hall–Kier alpha value is -3.15. The van der Waals surface area contributed by atoms with Crippen molar-refractivity contribution in [2.24, 2.45) is 0 Å². The minimum atomic E-state index is -0.432. The molecule has 0 unspecified atom stereocenters. The Morgan fingerprint density at radius 3 is 2.48 bits per heavy atom. The fourth-order valence-corrected chi connectivity index (χ4v) is 3.15. The molecule has 0 radical (unpaired) electrons. The van der Waals surface area contributed by atoms with Crippen LogP contribution in [0.2, 0.25) is 0 Å². The highest BCUT2D eigenvalue weighted by atomic mass is 16.5. The lowest BCUT2D eigenvalue weighted by Crippen LogP contribution is -2.22. The Morgan fingerprint density at radius 2 is 1.74 bits per heavy atom. The molecule has 0 aliphatic heterocycles. The maximum atomic E-state index is 12.0. The predicted molar refractivity (Wildman–Crippen MR) is 102 cm³/mol. The molecule has 2 N–H and O–H groups in total. The fraction of sp³-hybridized carbons (Fsp3) is 0.286. The zero-order chi connectivity index (χ0) is 19.2. The maximum absolute atomic E-state index is 12.0. The molecule has 2 aromatic carbocycles. The molecule has 0 aromatic heterocycles. The molecule has 1 aliphatic rings. The number of fused-ring (bicyclic) bond motifs is 1. The summed E-state index contributed by atoms with van der Waals surface area (Å²) in [5.41, 5.74) is 4.59.